The Morgan fingerprint density at radius 2 is 1.68 bits per heavy atom. The highest BCUT2D eigenvalue weighted by atomic mass is 19.4. The van der Waals surface area contributed by atoms with E-state index in [4.69, 9.17) is 19.3 Å². The highest BCUT2D eigenvalue weighted by Crippen LogP contribution is 2.38. The first-order chi connectivity index (χ1) is 18.0. The zero-order valence-corrected chi connectivity index (χ0v) is 21.5. The second-order valence-corrected chi connectivity index (χ2v) is 8.77. The predicted octanol–water partition coefficient (Wildman–Crippen LogP) is 7.50. The first-order valence-corrected chi connectivity index (χ1v) is 12.3. The van der Waals surface area contributed by atoms with Crippen molar-refractivity contribution in [3.8, 4) is 28.7 Å². The SMILES string of the molecule is CCc1cc(OCC[C@H](C)Oc2ccc(OC(F)(F)F)cc2Oc2ccccc2C)ccc1CCC(=O)O. The molecule has 3 rings (SSSR count). The standard InChI is InChI=1S/C29H31F3O6/c1-4-21-17-23(11-9-22(21)10-14-28(33)34)35-16-15-20(3)36-26-13-12-24(38-29(30,31)32)18-27(26)37-25-8-6-5-7-19(25)2/h5-9,11-13,17-18,20H,4,10,14-16H2,1-3H3,(H,33,34)/t20-/m0/s1. The molecule has 9 heteroatoms. The second-order valence-electron chi connectivity index (χ2n) is 8.77. The van der Waals surface area contributed by atoms with Gasteiger partial charge in [-0.05, 0) is 73.7 Å². The normalized spacial score (nSPS) is 12.1. The van der Waals surface area contributed by atoms with Crippen molar-refractivity contribution in [3.05, 3.63) is 77.4 Å². The zero-order valence-electron chi connectivity index (χ0n) is 21.5. The van der Waals surface area contributed by atoms with E-state index in [2.05, 4.69) is 4.74 Å². The summed E-state index contributed by atoms with van der Waals surface area (Å²) in [5.41, 5.74) is 2.83. The molecule has 0 fully saturated rings. The van der Waals surface area contributed by atoms with Crippen molar-refractivity contribution < 1.29 is 42.0 Å². The number of benzene rings is 3. The minimum absolute atomic E-state index is 0.0703. The van der Waals surface area contributed by atoms with Crippen molar-refractivity contribution in [2.24, 2.45) is 0 Å². The van der Waals surface area contributed by atoms with E-state index in [0.717, 1.165) is 29.2 Å². The molecule has 0 heterocycles. The minimum atomic E-state index is -4.83. The van der Waals surface area contributed by atoms with Gasteiger partial charge in [0.1, 0.15) is 17.2 Å². The van der Waals surface area contributed by atoms with Gasteiger partial charge < -0.3 is 24.1 Å². The third-order valence-corrected chi connectivity index (χ3v) is 5.75. The number of para-hydroxylation sites is 1. The van der Waals surface area contributed by atoms with Gasteiger partial charge in [-0.3, -0.25) is 4.79 Å². The summed E-state index contributed by atoms with van der Waals surface area (Å²) in [6.45, 7) is 5.99. The van der Waals surface area contributed by atoms with E-state index in [1.54, 1.807) is 12.1 Å². The molecule has 1 atom stereocenters. The second kappa shape index (κ2) is 13.1. The van der Waals surface area contributed by atoms with E-state index in [1.165, 1.54) is 12.1 Å². The van der Waals surface area contributed by atoms with Crippen LogP contribution in [0.15, 0.2) is 60.7 Å². The molecule has 0 spiro atoms. The maximum atomic E-state index is 12.8. The summed E-state index contributed by atoms with van der Waals surface area (Å²) in [6.07, 6.45) is -3.40. The topological polar surface area (TPSA) is 74.2 Å². The quantitative estimate of drug-likeness (QED) is 0.246. The summed E-state index contributed by atoms with van der Waals surface area (Å²) in [4.78, 5) is 10.9. The number of aliphatic carboxylic acids is 1. The molecule has 0 aliphatic carbocycles. The van der Waals surface area contributed by atoms with Gasteiger partial charge in [-0.15, -0.1) is 13.2 Å². The lowest BCUT2D eigenvalue weighted by Crippen LogP contribution is -2.18. The van der Waals surface area contributed by atoms with Gasteiger partial charge in [0.05, 0.1) is 12.7 Å². The first-order valence-electron chi connectivity index (χ1n) is 12.3. The summed E-state index contributed by atoms with van der Waals surface area (Å²) in [5.74, 6) is 0.269. The number of hydrogen-bond acceptors (Lipinski definition) is 5. The lowest BCUT2D eigenvalue weighted by Gasteiger charge is -2.20. The van der Waals surface area contributed by atoms with Gasteiger partial charge in [-0.2, -0.15) is 0 Å². The largest absolute Gasteiger partial charge is 0.573 e. The molecule has 0 saturated heterocycles. The van der Waals surface area contributed by atoms with E-state index in [9.17, 15) is 18.0 Å². The lowest BCUT2D eigenvalue weighted by molar-refractivity contribution is -0.274. The Bertz CT molecular complexity index is 1230. The highest BCUT2D eigenvalue weighted by Gasteiger charge is 2.31. The van der Waals surface area contributed by atoms with E-state index >= 15 is 0 Å². The van der Waals surface area contributed by atoms with E-state index in [1.807, 2.05) is 51.1 Å². The van der Waals surface area contributed by atoms with Gasteiger partial charge in [0.15, 0.2) is 11.5 Å². The number of alkyl halides is 3. The summed E-state index contributed by atoms with van der Waals surface area (Å²) in [6, 6.07) is 16.5. The van der Waals surface area contributed by atoms with Crippen molar-refractivity contribution in [2.75, 3.05) is 6.61 Å². The van der Waals surface area contributed by atoms with Gasteiger partial charge in [0, 0.05) is 18.9 Å². The molecule has 0 bridgehead atoms. The molecule has 0 amide bonds. The average molecular weight is 533 g/mol. The van der Waals surface area contributed by atoms with E-state index in [0.29, 0.717) is 30.9 Å². The van der Waals surface area contributed by atoms with Crippen LogP contribution in [0.3, 0.4) is 0 Å². The fourth-order valence-electron chi connectivity index (χ4n) is 3.78. The number of hydrogen-bond donors (Lipinski definition) is 1. The van der Waals surface area contributed by atoms with Crippen LogP contribution < -0.4 is 18.9 Å². The molecule has 0 aliphatic rings. The third-order valence-electron chi connectivity index (χ3n) is 5.75. The molecular weight excluding hydrogens is 501 g/mol. The van der Waals surface area contributed by atoms with Crippen molar-refractivity contribution in [1.82, 2.24) is 0 Å². The van der Waals surface area contributed by atoms with E-state index < -0.39 is 18.1 Å². The first kappa shape index (κ1) is 28.7. The molecule has 1 N–H and O–H groups in total. The van der Waals surface area contributed by atoms with Crippen LogP contribution in [0.1, 0.15) is 43.4 Å². The molecule has 0 unspecified atom stereocenters. The number of carbonyl (C=O) groups is 1. The van der Waals surface area contributed by atoms with Crippen LogP contribution in [0.4, 0.5) is 13.2 Å². The van der Waals surface area contributed by atoms with Gasteiger partial charge in [-0.1, -0.05) is 31.2 Å². The Kier molecular flexibility index (Phi) is 9.87. The minimum Gasteiger partial charge on any atom is -0.493 e. The molecule has 0 aliphatic heterocycles. The van der Waals surface area contributed by atoms with Crippen LogP contribution in [0.2, 0.25) is 0 Å². The van der Waals surface area contributed by atoms with Crippen LogP contribution in [0.5, 0.6) is 28.7 Å². The molecule has 38 heavy (non-hydrogen) atoms. The van der Waals surface area contributed by atoms with Crippen molar-refractivity contribution in [1.29, 1.82) is 0 Å². The van der Waals surface area contributed by atoms with E-state index in [-0.39, 0.29) is 24.0 Å². The van der Waals surface area contributed by atoms with Crippen molar-refractivity contribution >= 4 is 5.97 Å². The molecule has 0 aromatic heterocycles. The Morgan fingerprint density at radius 1 is 0.947 bits per heavy atom. The number of carboxylic acid groups (broad SMARTS) is 1. The summed E-state index contributed by atoms with van der Waals surface area (Å²) in [7, 11) is 0. The van der Waals surface area contributed by atoms with Crippen LogP contribution in [-0.2, 0) is 17.6 Å². The van der Waals surface area contributed by atoms with Gasteiger partial charge >= 0.3 is 12.3 Å². The molecule has 3 aromatic rings. The predicted molar refractivity (Wildman–Crippen MR) is 136 cm³/mol. The summed E-state index contributed by atoms with van der Waals surface area (Å²) < 4.78 is 60.1. The van der Waals surface area contributed by atoms with Crippen LogP contribution in [0, 0.1) is 6.92 Å². The molecule has 204 valence electrons. The van der Waals surface area contributed by atoms with Crippen molar-refractivity contribution in [3.63, 3.8) is 0 Å². The Labute approximate surface area is 219 Å². The Balaban J connectivity index is 1.65. The van der Waals surface area contributed by atoms with Crippen LogP contribution in [0.25, 0.3) is 0 Å². The number of halogens is 3. The van der Waals surface area contributed by atoms with Crippen LogP contribution >= 0.6 is 0 Å². The van der Waals surface area contributed by atoms with Crippen molar-refractivity contribution in [2.45, 2.75) is 58.9 Å². The Morgan fingerprint density at radius 3 is 2.37 bits per heavy atom. The van der Waals surface area contributed by atoms with Gasteiger partial charge in [0.2, 0.25) is 0 Å². The van der Waals surface area contributed by atoms with Gasteiger partial charge in [-0.25, -0.2) is 0 Å². The number of ether oxygens (including phenoxy) is 4. The monoisotopic (exact) mass is 532 g/mol. The van der Waals surface area contributed by atoms with Crippen LogP contribution in [-0.4, -0.2) is 30.1 Å². The molecule has 0 saturated carbocycles. The third kappa shape index (κ3) is 8.90. The molecule has 0 radical (unpaired) electrons. The number of carboxylic acids is 1. The maximum Gasteiger partial charge on any atom is 0.573 e. The smallest absolute Gasteiger partial charge is 0.493 e. The molecule has 3 aromatic carbocycles. The Hall–Kier alpha value is -3.88. The molecular formula is C29H31F3O6. The molecule has 6 nitrogen and oxygen atoms in total. The number of aryl methyl sites for hydroxylation is 3. The highest BCUT2D eigenvalue weighted by molar-refractivity contribution is 5.67. The fraction of sp³-hybridized carbons (Fsp3) is 0.345. The maximum absolute atomic E-state index is 12.8. The fourth-order valence-corrected chi connectivity index (χ4v) is 3.78. The van der Waals surface area contributed by atoms with Gasteiger partial charge in [0.25, 0.3) is 0 Å². The zero-order chi connectivity index (χ0) is 27.7. The average Bonchev–Trinajstić information content (AvgIpc) is 2.85. The summed E-state index contributed by atoms with van der Waals surface area (Å²) in [5, 5.41) is 8.93. The summed E-state index contributed by atoms with van der Waals surface area (Å²) >= 11 is 0. The lowest BCUT2D eigenvalue weighted by atomic mass is 10.0. The number of rotatable bonds is 13.